The van der Waals surface area contributed by atoms with Gasteiger partial charge >= 0.3 is 0 Å². The summed E-state index contributed by atoms with van der Waals surface area (Å²) in [5.74, 6) is -0.133. The van der Waals surface area contributed by atoms with E-state index in [9.17, 15) is 18.0 Å². The van der Waals surface area contributed by atoms with Crippen molar-refractivity contribution in [3.8, 4) is 5.75 Å². The third kappa shape index (κ3) is 7.88. The number of anilines is 1. The van der Waals surface area contributed by atoms with E-state index in [1.54, 1.807) is 43.5 Å². The van der Waals surface area contributed by atoms with E-state index in [4.69, 9.17) is 4.74 Å². The van der Waals surface area contributed by atoms with Gasteiger partial charge in [-0.1, -0.05) is 69.3 Å². The van der Waals surface area contributed by atoms with Crippen LogP contribution in [0.5, 0.6) is 5.75 Å². The van der Waals surface area contributed by atoms with Crippen LogP contribution in [-0.2, 0) is 32.6 Å². The lowest BCUT2D eigenvalue weighted by molar-refractivity contribution is -0.140. The lowest BCUT2D eigenvalue weighted by Crippen LogP contribution is -2.53. The van der Waals surface area contributed by atoms with Crippen LogP contribution in [0.1, 0.15) is 51.7 Å². The molecule has 41 heavy (non-hydrogen) atoms. The summed E-state index contributed by atoms with van der Waals surface area (Å²) in [4.78, 5) is 29.2. The van der Waals surface area contributed by atoms with Gasteiger partial charge in [0.1, 0.15) is 18.3 Å². The zero-order valence-electron chi connectivity index (χ0n) is 24.5. The van der Waals surface area contributed by atoms with Gasteiger partial charge in [0.05, 0.1) is 17.7 Å². The molecule has 0 aliphatic heterocycles. The highest BCUT2D eigenvalue weighted by molar-refractivity contribution is 7.92. The molecule has 0 aromatic heterocycles. The molecule has 2 atom stereocenters. The number of hydrogen-bond donors (Lipinski definition) is 1. The average molecular weight is 580 g/mol. The number of carbonyl (C=O) groups is 2. The van der Waals surface area contributed by atoms with Gasteiger partial charge in [-0.15, -0.1) is 0 Å². The maximum atomic E-state index is 14.2. The van der Waals surface area contributed by atoms with Crippen LogP contribution in [0, 0.1) is 0 Å². The zero-order valence-corrected chi connectivity index (χ0v) is 25.4. The highest BCUT2D eigenvalue weighted by Crippen LogP contribution is 2.28. The fourth-order valence-corrected chi connectivity index (χ4v) is 6.09. The monoisotopic (exact) mass is 579 g/mol. The molecule has 0 heterocycles. The Hall–Kier alpha value is -3.85. The molecule has 0 radical (unpaired) electrons. The molecule has 8 nitrogen and oxygen atoms in total. The number of amides is 2. The number of methoxy groups -OCH3 is 1. The van der Waals surface area contributed by atoms with Gasteiger partial charge in [-0.3, -0.25) is 13.9 Å². The molecule has 220 valence electrons. The first-order valence-electron chi connectivity index (χ1n) is 14.0. The van der Waals surface area contributed by atoms with Gasteiger partial charge in [0.25, 0.3) is 10.0 Å². The summed E-state index contributed by atoms with van der Waals surface area (Å²) in [5, 5.41) is 2.99. The standard InChI is InChI=1S/C32H41N3O5S/c1-6-24(4)33-32(37)29(8-3)34(22-25-15-14-17-27(21-25)40-5)31(36)23-35(30-20-13-12-16-26(30)7-2)41(38,39)28-18-10-9-11-19-28/h9-21,24,29H,6-8,22-23H2,1-5H3,(H,33,37)/t24-,29-/m0/s1. The number of nitrogens with zero attached hydrogens (tertiary/aromatic N) is 2. The number of ether oxygens (including phenoxy) is 1. The number of hydrogen-bond acceptors (Lipinski definition) is 5. The second kappa shape index (κ2) is 14.7. The molecule has 0 saturated carbocycles. The van der Waals surface area contributed by atoms with Gasteiger partial charge in [0.2, 0.25) is 11.8 Å². The minimum Gasteiger partial charge on any atom is -0.497 e. The second-order valence-electron chi connectivity index (χ2n) is 9.92. The number of nitrogens with one attached hydrogen (secondary N) is 1. The first-order chi connectivity index (χ1) is 19.7. The topological polar surface area (TPSA) is 96.0 Å². The van der Waals surface area contributed by atoms with Crippen LogP contribution in [0.4, 0.5) is 5.69 Å². The Bertz CT molecular complexity index is 1410. The number of rotatable bonds is 14. The van der Waals surface area contributed by atoms with Crippen molar-refractivity contribution in [2.45, 2.75) is 70.5 Å². The summed E-state index contributed by atoms with van der Waals surface area (Å²) < 4.78 is 34.6. The average Bonchev–Trinajstić information content (AvgIpc) is 2.99. The maximum absolute atomic E-state index is 14.2. The molecule has 0 unspecified atom stereocenters. The van der Waals surface area contributed by atoms with E-state index >= 15 is 0 Å². The quantitative estimate of drug-likeness (QED) is 0.284. The van der Waals surface area contributed by atoms with Crippen LogP contribution in [0.25, 0.3) is 0 Å². The highest BCUT2D eigenvalue weighted by atomic mass is 32.2. The van der Waals surface area contributed by atoms with Crippen LogP contribution in [0.3, 0.4) is 0 Å². The predicted octanol–water partition coefficient (Wildman–Crippen LogP) is 5.18. The van der Waals surface area contributed by atoms with E-state index < -0.39 is 28.5 Å². The van der Waals surface area contributed by atoms with E-state index in [2.05, 4.69) is 5.32 Å². The molecule has 1 N–H and O–H groups in total. The van der Waals surface area contributed by atoms with Gasteiger partial charge in [0.15, 0.2) is 0 Å². The lowest BCUT2D eigenvalue weighted by Gasteiger charge is -2.34. The smallest absolute Gasteiger partial charge is 0.264 e. The van der Waals surface area contributed by atoms with E-state index in [-0.39, 0.29) is 23.4 Å². The van der Waals surface area contributed by atoms with Crippen molar-refractivity contribution in [1.82, 2.24) is 10.2 Å². The summed E-state index contributed by atoms with van der Waals surface area (Å²) in [6.45, 7) is 7.31. The molecule has 0 saturated heterocycles. The minimum atomic E-state index is -4.11. The summed E-state index contributed by atoms with van der Waals surface area (Å²) in [6.07, 6.45) is 1.67. The number of aryl methyl sites for hydroxylation is 1. The largest absolute Gasteiger partial charge is 0.497 e. The van der Waals surface area contributed by atoms with Crippen LogP contribution in [-0.4, -0.2) is 50.9 Å². The van der Waals surface area contributed by atoms with Crippen molar-refractivity contribution < 1.29 is 22.7 Å². The Morgan fingerprint density at radius 1 is 0.902 bits per heavy atom. The molecule has 3 aromatic carbocycles. The highest BCUT2D eigenvalue weighted by Gasteiger charge is 2.34. The van der Waals surface area contributed by atoms with Gasteiger partial charge in [-0.05, 0) is 67.6 Å². The molecule has 0 aliphatic rings. The van der Waals surface area contributed by atoms with Crippen molar-refractivity contribution >= 4 is 27.5 Å². The van der Waals surface area contributed by atoms with Crippen LogP contribution < -0.4 is 14.4 Å². The van der Waals surface area contributed by atoms with E-state index in [1.807, 2.05) is 58.0 Å². The Kier molecular flexibility index (Phi) is 11.3. The van der Waals surface area contributed by atoms with Gasteiger partial charge in [-0.2, -0.15) is 0 Å². The number of para-hydroxylation sites is 1. The van der Waals surface area contributed by atoms with Crippen LogP contribution >= 0.6 is 0 Å². The molecule has 0 spiro atoms. The Morgan fingerprint density at radius 3 is 2.22 bits per heavy atom. The molecule has 0 bridgehead atoms. The Morgan fingerprint density at radius 2 is 1.59 bits per heavy atom. The normalized spacial score (nSPS) is 12.7. The van der Waals surface area contributed by atoms with Crippen molar-refractivity contribution in [3.05, 3.63) is 90.0 Å². The molecule has 0 aliphatic carbocycles. The Labute approximate surface area is 244 Å². The van der Waals surface area contributed by atoms with Crippen molar-refractivity contribution in [3.63, 3.8) is 0 Å². The van der Waals surface area contributed by atoms with E-state index in [0.717, 1.165) is 17.5 Å². The molecule has 9 heteroatoms. The number of benzene rings is 3. The Balaban J connectivity index is 2.09. The SMILES string of the molecule is CCc1ccccc1N(CC(=O)N(Cc1cccc(OC)c1)[C@@H](CC)C(=O)N[C@@H](C)CC)S(=O)(=O)c1ccccc1. The summed E-state index contributed by atoms with van der Waals surface area (Å²) in [6, 6.07) is 21.7. The fourth-order valence-electron chi connectivity index (χ4n) is 4.61. The lowest BCUT2D eigenvalue weighted by atomic mass is 10.1. The van der Waals surface area contributed by atoms with Gasteiger partial charge in [0, 0.05) is 12.6 Å². The van der Waals surface area contributed by atoms with E-state index in [1.165, 1.54) is 21.3 Å². The molecule has 2 amide bonds. The summed E-state index contributed by atoms with van der Waals surface area (Å²) in [5.41, 5.74) is 1.99. The summed E-state index contributed by atoms with van der Waals surface area (Å²) >= 11 is 0. The number of carbonyl (C=O) groups excluding carboxylic acids is 2. The number of sulfonamides is 1. The molecule has 3 rings (SSSR count). The van der Waals surface area contributed by atoms with Gasteiger partial charge < -0.3 is 15.0 Å². The van der Waals surface area contributed by atoms with Crippen molar-refractivity contribution in [2.75, 3.05) is 18.0 Å². The first-order valence-corrected chi connectivity index (χ1v) is 15.5. The van der Waals surface area contributed by atoms with E-state index in [0.29, 0.717) is 24.3 Å². The predicted molar refractivity (Wildman–Crippen MR) is 162 cm³/mol. The first kappa shape index (κ1) is 31.7. The molecular weight excluding hydrogens is 538 g/mol. The molecule has 3 aromatic rings. The molecule has 0 fully saturated rings. The fraction of sp³-hybridized carbons (Fsp3) is 0.375. The van der Waals surface area contributed by atoms with Gasteiger partial charge in [-0.25, -0.2) is 8.42 Å². The molecular formula is C32H41N3O5S. The van der Waals surface area contributed by atoms with Crippen molar-refractivity contribution in [2.24, 2.45) is 0 Å². The maximum Gasteiger partial charge on any atom is 0.264 e. The minimum absolute atomic E-state index is 0.0725. The second-order valence-corrected chi connectivity index (χ2v) is 11.8. The van der Waals surface area contributed by atoms with Crippen LogP contribution in [0.15, 0.2) is 83.8 Å². The van der Waals surface area contributed by atoms with Crippen molar-refractivity contribution in [1.29, 1.82) is 0 Å². The third-order valence-corrected chi connectivity index (χ3v) is 8.90. The summed E-state index contributed by atoms with van der Waals surface area (Å²) in [7, 11) is -2.55. The zero-order chi connectivity index (χ0) is 30.0. The van der Waals surface area contributed by atoms with Crippen LogP contribution in [0.2, 0.25) is 0 Å². The third-order valence-electron chi connectivity index (χ3n) is 7.13.